The number of ether oxygens (including phenoxy) is 1. The molecule has 0 aliphatic carbocycles. The van der Waals surface area contributed by atoms with E-state index in [2.05, 4.69) is 11.9 Å². The highest BCUT2D eigenvalue weighted by Gasteiger charge is 2.13. The van der Waals surface area contributed by atoms with Crippen LogP contribution < -0.4 is 10.5 Å². The van der Waals surface area contributed by atoms with E-state index in [9.17, 15) is 0 Å². The van der Waals surface area contributed by atoms with E-state index < -0.39 is 0 Å². The number of nitrogens with two attached hydrogens (primary N) is 1. The molecule has 1 unspecified atom stereocenters. The number of benzene rings is 1. The van der Waals surface area contributed by atoms with Crippen molar-refractivity contribution in [1.29, 1.82) is 0 Å². The van der Waals surface area contributed by atoms with Gasteiger partial charge in [-0.1, -0.05) is 30.7 Å². The summed E-state index contributed by atoms with van der Waals surface area (Å²) in [5, 5.41) is 0.651. The van der Waals surface area contributed by atoms with Gasteiger partial charge in [-0.3, -0.25) is 4.98 Å². The molecule has 112 valence electrons. The number of hydrogen-bond acceptors (Lipinski definition) is 3. The molecule has 1 atom stereocenters. The van der Waals surface area contributed by atoms with Gasteiger partial charge in [-0.25, -0.2) is 0 Å². The van der Waals surface area contributed by atoms with Gasteiger partial charge in [-0.15, -0.1) is 0 Å². The van der Waals surface area contributed by atoms with Crippen molar-refractivity contribution in [3.05, 3.63) is 58.9 Å². The summed E-state index contributed by atoms with van der Waals surface area (Å²) in [6, 6.07) is 11.8. The van der Waals surface area contributed by atoms with E-state index >= 15 is 0 Å². The fourth-order valence-electron chi connectivity index (χ4n) is 2.21. The molecule has 1 aromatic carbocycles. The van der Waals surface area contributed by atoms with Crippen LogP contribution in [0.3, 0.4) is 0 Å². The third kappa shape index (κ3) is 4.45. The van der Waals surface area contributed by atoms with Crippen LogP contribution in [0.2, 0.25) is 5.02 Å². The standard InChI is InChI=1S/C17H21ClN2O/c1-2-9-21-17-7-6-13(11-15(17)18)10-14(12-19)16-5-3-4-8-20-16/h3-8,11,14H,2,9-10,12,19H2,1H3. The zero-order valence-corrected chi connectivity index (χ0v) is 13.0. The van der Waals surface area contributed by atoms with Gasteiger partial charge in [0.1, 0.15) is 5.75 Å². The van der Waals surface area contributed by atoms with E-state index in [-0.39, 0.29) is 5.92 Å². The Kier molecular flexibility index (Phi) is 6.03. The van der Waals surface area contributed by atoms with Crippen LogP contribution in [0.1, 0.15) is 30.5 Å². The quantitative estimate of drug-likeness (QED) is 0.846. The summed E-state index contributed by atoms with van der Waals surface area (Å²) < 4.78 is 5.59. The predicted octanol–water partition coefficient (Wildman–Crippen LogP) is 3.81. The van der Waals surface area contributed by atoms with Crippen molar-refractivity contribution in [2.45, 2.75) is 25.7 Å². The zero-order valence-electron chi connectivity index (χ0n) is 12.3. The minimum atomic E-state index is 0.199. The first-order chi connectivity index (χ1) is 10.2. The van der Waals surface area contributed by atoms with E-state index in [0.29, 0.717) is 18.2 Å². The fraction of sp³-hybridized carbons (Fsp3) is 0.353. The first kappa shape index (κ1) is 15.8. The third-order valence-corrected chi connectivity index (χ3v) is 3.63. The van der Waals surface area contributed by atoms with Gasteiger partial charge in [0.2, 0.25) is 0 Å². The third-order valence-electron chi connectivity index (χ3n) is 3.33. The first-order valence-corrected chi connectivity index (χ1v) is 7.64. The molecule has 3 nitrogen and oxygen atoms in total. The van der Waals surface area contributed by atoms with Crippen LogP contribution >= 0.6 is 11.6 Å². The second kappa shape index (κ2) is 8.01. The number of hydrogen-bond donors (Lipinski definition) is 1. The van der Waals surface area contributed by atoms with E-state index in [4.69, 9.17) is 22.1 Å². The van der Waals surface area contributed by atoms with Crippen molar-refractivity contribution < 1.29 is 4.74 Å². The molecule has 0 bridgehead atoms. The number of nitrogens with zero attached hydrogens (tertiary/aromatic N) is 1. The summed E-state index contributed by atoms with van der Waals surface area (Å²) in [6.45, 7) is 3.31. The summed E-state index contributed by atoms with van der Waals surface area (Å²) >= 11 is 6.27. The molecule has 1 aromatic heterocycles. The molecule has 0 radical (unpaired) electrons. The molecule has 1 heterocycles. The van der Waals surface area contributed by atoms with Crippen LogP contribution in [0.5, 0.6) is 5.75 Å². The largest absolute Gasteiger partial charge is 0.492 e. The Morgan fingerprint density at radius 1 is 1.29 bits per heavy atom. The molecule has 0 amide bonds. The smallest absolute Gasteiger partial charge is 0.137 e. The zero-order chi connectivity index (χ0) is 15.1. The molecule has 4 heteroatoms. The maximum atomic E-state index is 6.27. The van der Waals surface area contributed by atoms with Crippen LogP contribution in [0.25, 0.3) is 0 Å². The highest BCUT2D eigenvalue weighted by molar-refractivity contribution is 6.32. The Labute approximate surface area is 131 Å². The fourth-order valence-corrected chi connectivity index (χ4v) is 2.47. The van der Waals surface area contributed by atoms with Gasteiger partial charge in [0.25, 0.3) is 0 Å². The highest BCUT2D eigenvalue weighted by atomic mass is 35.5. The Bertz CT molecular complexity index is 560. The Morgan fingerprint density at radius 3 is 2.76 bits per heavy atom. The van der Waals surface area contributed by atoms with Crippen LogP contribution in [-0.4, -0.2) is 18.1 Å². The molecule has 2 aromatic rings. The number of halogens is 1. The molecule has 0 fully saturated rings. The topological polar surface area (TPSA) is 48.1 Å². The molecule has 0 spiro atoms. The van der Waals surface area contributed by atoms with Crippen molar-refractivity contribution >= 4 is 11.6 Å². The molecular weight excluding hydrogens is 284 g/mol. The molecule has 0 saturated carbocycles. The van der Waals surface area contributed by atoms with Crippen LogP contribution in [0, 0.1) is 0 Å². The lowest BCUT2D eigenvalue weighted by Gasteiger charge is -2.15. The number of pyridine rings is 1. The molecule has 0 aliphatic heterocycles. The van der Waals surface area contributed by atoms with Crippen molar-refractivity contribution in [2.24, 2.45) is 5.73 Å². The van der Waals surface area contributed by atoms with Crippen LogP contribution in [0.4, 0.5) is 0 Å². The highest BCUT2D eigenvalue weighted by Crippen LogP contribution is 2.28. The van der Waals surface area contributed by atoms with E-state index in [1.807, 2.05) is 36.4 Å². The normalized spacial score (nSPS) is 12.1. The molecule has 2 rings (SSSR count). The summed E-state index contributed by atoms with van der Waals surface area (Å²) in [4.78, 5) is 4.39. The molecular formula is C17H21ClN2O. The molecule has 0 aliphatic rings. The van der Waals surface area contributed by atoms with Gasteiger partial charge >= 0.3 is 0 Å². The minimum absolute atomic E-state index is 0.199. The lowest BCUT2D eigenvalue weighted by atomic mass is 9.96. The molecule has 2 N–H and O–H groups in total. The van der Waals surface area contributed by atoms with Gasteiger partial charge in [-0.2, -0.15) is 0 Å². The van der Waals surface area contributed by atoms with Crippen molar-refractivity contribution in [3.8, 4) is 5.75 Å². The van der Waals surface area contributed by atoms with Gasteiger partial charge in [0.15, 0.2) is 0 Å². The lowest BCUT2D eigenvalue weighted by molar-refractivity contribution is 0.317. The van der Waals surface area contributed by atoms with Crippen molar-refractivity contribution in [2.75, 3.05) is 13.2 Å². The number of rotatable bonds is 7. The lowest BCUT2D eigenvalue weighted by Crippen LogP contribution is -2.16. The Balaban J connectivity index is 2.10. The summed E-state index contributed by atoms with van der Waals surface area (Å²) in [5.41, 5.74) is 8.05. The minimum Gasteiger partial charge on any atom is -0.492 e. The van der Waals surface area contributed by atoms with E-state index in [1.165, 1.54) is 0 Å². The second-order valence-electron chi connectivity index (χ2n) is 5.00. The van der Waals surface area contributed by atoms with Gasteiger partial charge < -0.3 is 10.5 Å². The van der Waals surface area contributed by atoms with Crippen molar-refractivity contribution in [1.82, 2.24) is 4.98 Å². The maximum Gasteiger partial charge on any atom is 0.137 e. The van der Waals surface area contributed by atoms with Crippen LogP contribution in [-0.2, 0) is 6.42 Å². The SMILES string of the molecule is CCCOc1ccc(CC(CN)c2ccccn2)cc1Cl. The summed E-state index contributed by atoms with van der Waals surface area (Å²) in [6.07, 6.45) is 3.58. The maximum absolute atomic E-state index is 6.27. The molecule has 0 saturated heterocycles. The predicted molar refractivity (Wildman–Crippen MR) is 87.0 cm³/mol. The summed E-state index contributed by atoms with van der Waals surface area (Å²) in [5.74, 6) is 0.939. The number of aromatic nitrogens is 1. The monoisotopic (exact) mass is 304 g/mol. The average molecular weight is 305 g/mol. The Morgan fingerprint density at radius 2 is 2.14 bits per heavy atom. The van der Waals surface area contributed by atoms with Crippen molar-refractivity contribution in [3.63, 3.8) is 0 Å². The van der Waals surface area contributed by atoms with Gasteiger partial charge in [0.05, 0.1) is 11.6 Å². The first-order valence-electron chi connectivity index (χ1n) is 7.26. The Hall–Kier alpha value is -1.58. The average Bonchev–Trinajstić information content (AvgIpc) is 2.52. The summed E-state index contributed by atoms with van der Waals surface area (Å²) in [7, 11) is 0. The molecule has 21 heavy (non-hydrogen) atoms. The van der Waals surface area contributed by atoms with Gasteiger partial charge in [-0.05, 0) is 42.7 Å². The van der Waals surface area contributed by atoms with E-state index in [0.717, 1.165) is 29.8 Å². The van der Waals surface area contributed by atoms with E-state index in [1.54, 1.807) is 6.20 Å². The van der Waals surface area contributed by atoms with Gasteiger partial charge in [0, 0.05) is 24.4 Å². The second-order valence-corrected chi connectivity index (χ2v) is 5.41. The van der Waals surface area contributed by atoms with Crippen LogP contribution in [0.15, 0.2) is 42.6 Å².